The number of rotatable bonds is 6. The summed E-state index contributed by atoms with van der Waals surface area (Å²) in [6.07, 6.45) is 1.63. The van der Waals surface area contributed by atoms with Gasteiger partial charge in [0, 0.05) is 50.6 Å². The molecule has 0 aromatic heterocycles. The van der Waals surface area contributed by atoms with Crippen molar-refractivity contribution in [2.24, 2.45) is 5.73 Å². The number of nitrogens with zero attached hydrogens (tertiary/aromatic N) is 1. The summed E-state index contributed by atoms with van der Waals surface area (Å²) >= 11 is 0. The van der Waals surface area contributed by atoms with Gasteiger partial charge in [-0.05, 0) is 26.2 Å². The molecule has 7 heteroatoms. The predicted molar refractivity (Wildman–Crippen MR) is 51.4 cm³/mol. The first-order chi connectivity index (χ1) is 6.45. The molecular weight excluding hydrogens is 413 g/mol. The number of hydrogen-bond donors (Lipinski definition) is 4. The topological polar surface area (TPSA) is 111 Å². The Morgan fingerprint density at radius 3 is 2.47 bits per heavy atom. The number of carboxylic acids is 1. The largest absolute Gasteiger partial charge is 0.480 e. The summed E-state index contributed by atoms with van der Waals surface area (Å²) in [6.45, 7) is 1.81. The first kappa shape index (κ1) is 17.7. The van der Waals surface area contributed by atoms with Crippen molar-refractivity contribution >= 4 is 11.8 Å². The van der Waals surface area contributed by atoms with Crippen molar-refractivity contribution in [1.29, 1.82) is 5.41 Å². The van der Waals surface area contributed by atoms with Gasteiger partial charge in [-0.2, -0.15) is 0 Å². The monoisotopic (exact) mass is 430 g/mol. The van der Waals surface area contributed by atoms with E-state index in [1.54, 1.807) is 0 Å². The Hall–Kier alpha value is 0.302. The molecule has 15 heavy (non-hydrogen) atoms. The Labute approximate surface area is 125 Å². The van der Waals surface area contributed by atoms with Gasteiger partial charge in [0.15, 0.2) is 0 Å². The molecule has 0 aliphatic carbocycles. The van der Waals surface area contributed by atoms with Crippen LogP contribution in [0.25, 0.3) is 0 Å². The van der Waals surface area contributed by atoms with Gasteiger partial charge in [-0.3, -0.25) is 15.4 Å². The van der Waals surface area contributed by atoms with Crippen LogP contribution in [0.1, 0.15) is 26.2 Å². The second kappa shape index (κ2) is 9.52. The quantitative estimate of drug-likeness (QED) is 0.209. The second-order valence-corrected chi connectivity index (χ2v) is 3.15. The van der Waals surface area contributed by atoms with Crippen LogP contribution in [0.15, 0.2) is 0 Å². The normalized spacial score (nSPS) is 11.4. The van der Waals surface area contributed by atoms with Crippen molar-refractivity contribution in [1.82, 2.24) is 5.06 Å². The number of hydroxylamine groups is 2. The van der Waals surface area contributed by atoms with E-state index < -0.39 is 12.0 Å². The summed E-state index contributed by atoms with van der Waals surface area (Å²) < 4.78 is 0. The SMILES string of the molecule is CC(=N)N(O)CCCCC(N)C(=O)O.[Ac]. The summed E-state index contributed by atoms with van der Waals surface area (Å²) in [6, 6.07) is -0.830. The maximum atomic E-state index is 10.3. The fraction of sp³-hybridized carbons (Fsp3) is 0.750. The van der Waals surface area contributed by atoms with Gasteiger partial charge in [-0.1, -0.05) is 0 Å². The van der Waals surface area contributed by atoms with Crippen LogP contribution in [0.2, 0.25) is 0 Å². The van der Waals surface area contributed by atoms with Crippen molar-refractivity contribution < 1.29 is 59.2 Å². The molecule has 0 amide bonds. The zero-order valence-corrected chi connectivity index (χ0v) is 13.6. The molecule has 0 bridgehead atoms. The van der Waals surface area contributed by atoms with Crippen molar-refractivity contribution in [2.75, 3.05) is 6.54 Å². The summed E-state index contributed by atoms with van der Waals surface area (Å²) in [7, 11) is 0. The van der Waals surface area contributed by atoms with Crippen LogP contribution in [0, 0.1) is 49.5 Å². The molecule has 0 fully saturated rings. The minimum absolute atomic E-state index is 0. The average molecular weight is 430 g/mol. The van der Waals surface area contributed by atoms with E-state index in [0.29, 0.717) is 25.8 Å². The Morgan fingerprint density at radius 1 is 1.53 bits per heavy atom. The van der Waals surface area contributed by atoms with Crippen molar-refractivity contribution in [3.8, 4) is 0 Å². The van der Waals surface area contributed by atoms with E-state index in [-0.39, 0.29) is 49.9 Å². The van der Waals surface area contributed by atoms with E-state index in [1.165, 1.54) is 6.92 Å². The summed E-state index contributed by atoms with van der Waals surface area (Å²) in [5, 5.41) is 25.4. The van der Waals surface area contributed by atoms with Crippen LogP contribution in [0.4, 0.5) is 0 Å². The molecule has 1 radical (unpaired) electrons. The third-order valence-electron chi connectivity index (χ3n) is 1.84. The average Bonchev–Trinajstić information content (AvgIpc) is 2.11. The molecule has 0 saturated carbocycles. The number of carbonyl (C=O) groups is 1. The molecule has 0 aliphatic rings. The van der Waals surface area contributed by atoms with Crippen molar-refractivity contribution in [2.45, 2.75) is 32.2 Å². The van der Waals surface area contributed by atoms with Crippen LogP contribution in [-0.2, 0) is 4.79 Å². The Kier molecular flexibility index (Phi) is 11.2. The number of carboxylic acid groups (broad SMARTS) is 1. The number of unbranched alkanes of at least 4 members (excludes halogenated alkanes) is 1. The Morgan fingerprint density at radius 2 is 2.07 bits per heavy atom. The predicted octanol–water partition coefficient (Wildman–Crippen LogP) is 0.257. The second-order valence-electron chi connectivity index (χ2n) is 3.15. The Balaban J connectivity index is 0. The maximum absolute atomic E-state index is 10.3. The minimum Gasteiger partial charge on any atom is -0.480 e. The van der Waals surface area contributed by atoms with Gasteiger partial charge in [0.1, 0.15) is 11.9 Å². The molecule has 85 valence electrons. The molecule has 0 saturated heterocycles. The molecule has 0 rings (SSSR count). The van der Waals surface area contributed by atoms with E-state index in [2.05, 4.69) is 0 Å². The molecular formula is C8H17AcN3O3. The molecule has 1 atom stereocenters. The van der Waals surface area contributed by atoms with Crippen molar-refractivity contribution in [3.63, 3.8) is 0 Å². The zero-order valence-electron chi connectivity index (χ0n) is 8.81. The van der Waals surface area contributed by atoms with E-state index in [9.17, 15) is 4.79 Å². The van der Waals surface area contributed by atoms with Crippen LogP contribution in [0.5, 0.6) is 0 Å². The summed E-state index contributed by atoms with van der Waals surface area (Å²) in [5.41, 5.74) is 5.28. The third kappa shape index (κ3) is 9.24. The van der Waals surface area contributed by atoms with E-state index >= 15 is 0 Å². The number of aliphatic carboxylic acids is 1. The number of amidine groups is 1. The van der Waals surface area contributed by atoms with Gasteiger partial charge in [-0.15, -0.1) is 0 Å². The van der Waals surface area contributed by atoms with E-state index in [0.717, 1.165) is 5.06 Å². The van der Waals surface area contributed by atoms with Crippen LogP contribution < -0.4 is 5.73 Å². The molecule has 0 aromatic rings. The van der Waals surface area contributed by atoms with Crippen LogP contribution in [-0.4, -0.2) is 39.8 Å². The molecule has 0 aromatic carbocycles. The standard InChI is InChI=1S/C8H17N3O3.Ac/c1-6(9)11(14)5-3-2-4-7(10)8(12)13;/h7,9,14H,2-5,10H2,1H3,(H,12,13);. The van der Waals surface area contributed by atoms with E-state index in [1.807, 2.05) is 0 Å². The van der Waals surface area contributed by atoms with Gasteiger partial charge in [0.2, 0.25) is 0 Å². The third-order valence-corrected chi connectivity index (χ3v) is 1.84. The molecule has 0 aliphatic heterocycles. The number of nitrogens with two attached hydrogens (primary N) is 1. The fourth-order valence-corrected chi connectivity index (χ4v) is 0.917. The van der Waals surface area contributed by atoms with Gasteiger partial charge < -0.3 is 10.8 Å². The smallest absolute Gasteiger partial charge is 0.320 e. The first-order valence-electron chi connectivity index (χ1n) is 4.45. The molecule has 6 nitrogen and oxygen atoms in total. The Bertz CT molecular complexity index is 191. The molecule has 5 N–H and O–H groups in total. The molecule has 0 heterocycles. The van der Waals surface area contributed by atoms with Crippen LogP contribution in [0.3, 0.4) is 0 Å². The molecule has 1 unspecified atom stereocenters. The summed E-state index contributed by atoms with van der Waals surface area (Å²) in [4.78, 5) is 10.3. The maximum Gasteiger partial charge on any atom is 0.320 e. The van der Waals surface area contributed by atoms with Crippen molar-refractivity contribution in [3.05, 3.63) is 0 Å². The van der Waals surface area contributed by atoms with E-state index in [4.69, 9.17) is 21.5 Å². The minimum atomic E-state index is -1.01. The number of nitrogens with one attached hydrogen (secondary N) is 1. The van der Waals surface area contributed by atoms with Gasteiger partial charge in [0.25, 0.3) is 0 Å². The fourth-order valence-electron chi connectivity index (χ4n) is 0.917. The van der Waals surface area contributed by atoms with Gasteiger partial charge in [0.05, 0.1) is 0 Å². The van der Waals surface area contributed by atoms with Gasteiger partial charge >= 0.3 is 5.97 Å². The number of hydrogen-bond acceptors (Lipinski definition) is 4. The van der Waals surface area contributed by atoms with Gasteiger partial charge in [-0.25, -0.2) is 5.06 Å². The zero-order chi connectivity index (χ0) is 11.1. The first-order valence-corrected chi connectivity index (χ1v) is 4.45. The molecule has 0 spiro atoms. The summed E-state index contributed by atoms with van der Waals surface area (Å²) in [5.74, 6) is -0.929. The van der Waals surface area contributed by atoms with Crippen LogP contribution >= 0.6 is 0 Å².